The molecule has 0 amide bonds. The maximum Gasteiger partial charge on any atom is 0.136 e. The normalized spacial score (nSPS) is 10.4. The van der Waals surface area contributed by atoms with E-state index in [4.69, 9.17) is 22.1 Å². The first-order valence-corrected chi connectivity index (χ1v) is 6.35. The zero-order valence-corrected chi connectivity index (χ0v) is 11.6. The number of ether oxygens (including phenoxy) is 1. The van der Waals surface area contributed by atoms with E-state index in [9.17, 15) is 4.39 Å². The smallest absolute Gasteiger partial charge is 0.136 e. The fraction of sp³-hybridized carbons (Fsp3) is 0.0769. The van der Waals surface area contributed by atoms with E-state index in [0.717, 1.165) is 5.56 Å². The Morgan fingerprint density at radius 2 is 2.00 bits per heavy atom. The molecule has 0 spiro atoms. The average Bonchev–Trinajstić information content (AvgIpc) is 2.34. The van der Waals surface area contributed by atoms with Crippen LogP contribution < -0.4 is 10.5 Å². The molecule has 2 aromatic rings. The van der Waals surface area contributed by atoms with E-state index in [0.29, 0.717) is 20.9 Å². The highest BCUT2D eigenvalue weighted by Crippen LogP contribution is 2.27. The quantitative estimate of drug-likeness (QED) is 0.846. The molecule has 0 saturated carbocycles. The first kappa shape index (κ1) is 13.2. The second-order valence-electron chi connectivity index (χ2n) is 3.71. The zero-order chi connectivity index (χ0) is 13.1. The summed E-state index contributed by atoms with van der Waals surface area (Å²) in [6.07, 6.45) is 0. The molecule has 0 atom stereocenters. The van der Waals surface area contributed by atoms with Gasteiger partial charge in [0.15, 0.2) is 0 Å². The summed E-state index contributed by atoms with van der Waals surface area (Å²) in [5.74, 6) is 0.0698. The lowest BCUT2D eigenvalue weighted by Gasteiger charge is -2.10. The van der Waals surface area contributed by atoms with Crippen LogP contribution in [0.5, 0.6) is 5.75 Å². The van der Waals surface area contributed by atoms with Gasteiger partial charge in [-0.25, -0.2) is 4.39 Å². The Balaban J connectivity index is 2.16. The number of benzene rings is 2. The first-order valence-electron chi connectivity index (χ1n) is 5.18. The molecule has 0 heterocycles. The Bertz CT molecular complexity index is 525. The van der Waals surface area contributed by atoms with Crippen molar-refractivity contribution in [1.82, 2.24) is 0 Å². The summed E-state index contributed by atoms with van der Waals surface area (Å²) in [5.41, 5.74) is 7.03. The lowest BCUT2D eigenvalue weighted by molar-refractivity contribution is 0.303. The number of nitrogens with two attached hydrogens (primary N) is 1. The second-order valence-corrected chi connectivity index (χ2v) is 4.98. The molecule has 2 rings (SSSR count). The maximum atomic E-state index is 13.1. The van der Waals surface area contributed by atoms with Crippen LogP contribution in [0.4, 0.5) is 10.1 Å². The van der Waals surface area contributed by atoms with Crippen molar-refractivity contribution >= 4 is 33.2 Å². The summed E-state index contributed by atoms with van der Waals surface area (Å²) in [6.45, 7) is 0.228. The number of hydrogen-bond donors (Lipinski definition) is 1. The van der Waals surface area contributed by atoms with Gasteiger partial charge in [0.1, 0.15) is 18.2 Å². The SMILES string of the molecule is Nc1ccc(Cl)c(COc2cc(F)ccc2Br)c1. The molecular weight excluding hydrogens is 321 g/mol. The number of rotatable bonds is 3. The van der Waals surface area contributed by atoms with Crippen LogP contribution in [0.3, 0.4) is 0 Å². The van der Waals surface area contributed by atoms with E-state index in [1.54, 1.807) is 24.3 Å². The summed E-state index contributed by atoms with van der Waals surface area (Å²) in [6, 6.07) is 9.40. The van der Waals surface area contributed by atoms with Crippen molar-refractivity contribution in [1.29, 1.82) is 0 Å². The van der Waals surface area contributed by atoms with E-state index >= 15 is 0 Å². The molecule has 0 saturated heterocycles. The Hall–Kier alpha value is -1.26. The zero-order valence-electron chi connectivity index (χ0n) is 9.29. The molecule has 0 aromatic heterocycles. The van der Waals surface area contributed by atoms with Gasteiger partial charge in [-0.15, -0.1) is 0 Å². The summed E-state index contributed by atoms with van der Waals surface area (Å²) in [7, 11) is 0. The van der Waals surface area contributed by atoms with Crippen LogP contribution in [-0.4, -0.2) is 0 Å². The molecule has 2 aromatic carbocycles. The Morgan fingerprint density at radius 3 is 2.78 bits per heavy atom. The minimum Gasteiger partial charge on any atom is -0.488 e. The Labute approximate surface area is 118 Å². The van der Waals surface area contributed by atoms with Gasteiger partial charge in [-0.1, -0.05) is 11.6 Å². The van der Waals surface area contributed by atoms with Gasteiger partial charge < -0.3 is 10.5 Å². The number of anilines is 1. The van der Waals surface area contributed by atoms with Gasteiger partial charge in [-0.3, -0.25) is 0 Å². The van der Waals surface area contributed by atoms with Gasteiger partial charge >= 0.3 is 0 Å². The predicted octanol–water partition coefficient (Wildman–Crippen LogP) is 4.40. The second kappa shape index (κ2) is 5.59. The third-order valence-electron chi connectivity index (χ3n) is 2.35. The Morgan fingerprint density at radius 1 is 1.22 bits per heavy atom. The molecular formula is C13H10BrClFNO. The molecule has 2 N–H and O–H groups in total. The summed E-state index contributed by atoms with van der Waals surface area (Å²) >= 11 is 9.30. The fourth-order valence-electron chi connectivity index (χ4n) is 1.45. The van der Waals surface area contributed by atoms with Gasteiger partial charge in [0.2, 0.25) is 0 Å². The minimum absolute atomic E-state index is 0.228. The molecule has 0 fully saturated rings. The van der Waals surface area contributed by atoms with Gasteiger partial charge in [-0.05, 0) is 46.3 Å². The fourth-order valence-corrected chi connectivity index (χ4v) is 1.98. The molecule has 18 heavy (non-hydrogen) atoms. The number of nitrogen functional groups attached to an aromatic ring is 1. The molecule has 0 aliphatic carbocycles. The highest BCUT2D eigenvalue weighted by molar-refractivity contribution is 9.10. The molecule has 0 bridgehead atoms. The number of hydrogen-bond acceptors (Lipinski definition) is 2. The van der Waals surface area contributed by atoms with Crippen molar-refractivity contribution in [3.05, 3.63) is 57.3 Å². The molecule has 0 aliphatic heterocycles. The van der Waals surface area contributed by atoms with Gasteiger partial charge in [-0.2, -0.15) is 0 Å². The van der Waals surface area contributed by atoms with Crippen molar-refractivity contribution in [3.8, 4) is 5.75 Å². The summed E-state index contributed by atoms with van der Waals surface area (Å²) in [4.78, 5) is 0. The standard InChI is InChI=1S/C13H10BrClFNO/c14-11-3-1-9(16)6-13(11)18-7-8-5-10(17)2-4-12(8)15/h1-6H,7,17H2. The van der Waals surface area contributed by atoms with E-state index < -0.39 is 0 Å². The van der Waals surface area contributed by atoms with Crippen LogP contribution in [-0.2, 0) is 6.61 Å². The van der Waals surface area contributed by atoms with E-state index in [1.807, 2.05) is 0 Å². The van der Waals surface area contributed by atoms with Crippen LogP contribution in [0, 0.1) is 5.82 Å². The van der Waals surface area contributed by atoms with Crippen LogP contribution in [0.1, 0.15) is 5.56 Å². The average molecular weight is 331 g/mol. The van der Waals surface area contributed by atoms with Gasteiger partial charge in [0.05, 0.1) is 4.47 Å². The third kappa shape index (κ3) is 3.15. The molecule has 0 radical (unpaired) electrons. The van der Waals surface area contributed by atoms with Crippen molar-refractivity contribution in [2.24, 2.45) is 0 Å². The lowest BCUT2D eigenvalue weighted by atomic mass is 10.2. The van der Waals surface area contributed by atoms with E-state index in [1.165, 1.54) is 12.1 Å². The highest BCUT2D eigenvalue weighted by atomic mass is 79.9. The molecule has 0 aliphatic rings. The molecule has 2 nitrogen and oxygen atoms in total. The highest BCUT2D eigenvalue weighted by Gasteiger charge is 2.06. The lowest BCUT2D eigenvalue weighted by Crippen LogP contribution is -1.98. The largest absolute Gasteiger partial charge is 0.488 e. The Kier molecular flexibility index (Phi) is 4.09. The topological polar surface area (TPSA) is 35.2 Å². The van der Waals surface area contributed by atoms with Crippen LogP contribution in [0.15, 0.2) is 40.9 Å². The summed E-state index contributed by atoms with van der Waals surface area (Å²) < 4.78 is 19.3. The van der Waals surface area contributed by atoms with Crippen LogP contribution in [0.25, 0.3) is 0 Å². The van der Waals surface area contributed by atoms with Gasteiger partial charge in [0, 0.05) is 22.3 Å². The van der Waals surface area contributed by atoms with Crippen LogP contribution in [0.2, 0.25) is 5.02 Å². The first-order chi connectivity index (χ1) is 8.56. The van der Waals surface area contributed by atoms with Gasteiger partial charge in [0.25, 0.3) is 0 Å². The van der Waals surface area contributed by atoms with Crippen molar-refractivity contribution in [2.45, 2.75) is 6.61 Å². The molecule has 5 heteroatoms. The minimum atomic E-state index is -0.355. The number of halogens is 3. The van der Waals surface area contributed by atoms with Crippen molar-refractivity contribution in [3.63, 3.8) is 0 Å². The predicted molar refractivity (Wildman–Crippen MR) is 74.3 cm³/mol. The van der Waals surface area contributed by atoms with Crippen LogP contribution >= 0.6 is 27.5 Å². The van der Waals surface area contributed by atoms with E-state index in [2.05, 4.69) is 15.9 Å². The van der Waals surface area contributed by atoms with E-state index in [-0.39, 0.29) is 12.4 Å². The summed E-state index contributed by atoms with van der Waals surface area (Å²) in [5, 5.41) is 0.566. The third-order valence-corrected chi connectivity index (χ3v) is 3.37. The molecule has 94 valence electrons. The van der Waals surface area contributed by atoms with Crippen molar-refractivity contribution in [2.75, 3.05) is 5.73 Å². The van der Waals surface area contributed by atoms with Crippen molar-refractivity contribution < 1.29 is 9.13 Å². The molecule has 0 unspecified atom stereocenters. The maximum absolute atomic E-state index is 13.1. The monoisotopic (exact) mass is 329 g/mol.